The molecule has 4 aliphatic heterocycles. The van der Waals surface area contributed by atoms with Gasteiger partial charge in [-0.2, -0.15) is 0 Å². The third-order valence-corrected chi connectivity index (χ3v) is 18.3. The van der Waals surface area contributed by atoms with E-state index in [9.17, 15) is 23.2 Å². The van der Waals surface area contributed by atoms with Crippen LogP contribution in [-0.2, 0) is 28.9 Å². The predicted molar refractivity (Wildman–Crippen MR) is 390 cm³/mol. The fourth-order valence-corrected chi connectivity index (χ4v) is 11.7. The topological polar surface area (TPSA) is 290 Å². The second kappa shape index (κ2) is 32.1. The van der Waals surface area contributed by atoms with Crippen LogP contribution in [-0.4, -0.2) is 125 Å². The maximum Gasteiger partial charge on any atom is 0.494 e. The fourth-order valence-electron chi connectivity index (χ4n) is 10.9. The molecule has 102 heavy (non-hydrogen) atoms. The molecule has 12 heterocycles. The summed E-state index contributed by atoms with van der Waals surface area (Å²) in [5, 5.41) is 33.2. The van der Waals surface area contributed by atoms with Crippen molar-refractivity contribution in [2.24, 2.45) is 0 Å². The maximum atomic E-state index is 14.1. The molecule has 15 rings (SSSR count). The minimum Gasteiger partial charge on any atom is -0.493 e. The molecule has 1 fully saturated rings. The molecule has 0 spiro atoms. The maximum absolute atomic E-state index is 14.1. The molecular formula is C72H70BBrF2IN17O8. The van der Waals surface area contributed by atoms with Crippen molar-refractivity contribution in [3.05, 3.63) is 200 Å². The lowest BCUT2D eigenvalue weighted by atomic mass is 9.78. The molecule has 30 heteroatoms. The fraction of sp³-hybridized carbons (Fsp3) is 0.278. The molecule has 4 aliphatic rings. The molecule has 3 aromatic carbocycles. The number of nitrogens with zero attached hydrogens (tertiary/aromatic N) is 14. The highest BCUT2D eigenvalue weighted by atomic mass is 127. The van der Waals surface area contributed by atoms with Gasteiger partial charge in [0.25, 0.3) is 17.7 Å². The summed E-state index contributed by atoms with van der Waals surface area (Å²) < 4.78 is 64.3. The number of ether oxygens (including phenoxy) is 3. The Bertz CT molecular complexity index is 4850. The SMILES string of the molecule is CC1(C)OB(c2ccc3c(c2)C(=O)Nc2cccc(n2)-c2nncn2CCCCO3)OC1(C)C.Cc1ncc(-c2ccc3c(c2)C(=O)Nc2cccc(n2)-c2nncn2CCCCO3)cc1F.Cc1ncc(Br)cc1F.O=C1Nc2cccc(n2)-c2nncn2CCCCOc2ccc(I)cc21. The van der Waals surface area contributed by atoms with Crippen molar-refractivity contribution in [1.29, 1.82) is 0 Å². The zero-order valence-corrected chi connectivity index (χ0v) is 60.3. The van der Waals surface area contributed by atoms with Gasteiger partial charge in [-0.1, -0.05) is 30.3 Å². The Hall–Kier alpha value is -10.3. The molecule has 6 bridgehead atoms. The third-order valence-electron chi connectivity index (χ3n) is 17.2. The first-order chi connectivity index (χ1) is 49.2. The smallest absolute Gasteiger partial charge is 0.493 e. The van der Waals surface area contributed by atoms with Gasteiger partial charge in [0, 0.05) is 45.6 Å². The van der Waals surface area contributed by atoms with Crippen LogP contribution in [0.15, 0.2) is 157 Å². The first-order valence-electron chi connectivity index (χ1n) is 32.9. The van der Waals surface area contributed by atoms with Gasteiger partial charge >= 0.3 is 7.12 Å². The minimum atomic E-state index is -0.580. The molecular weight excluding hydrogens is 1490 g/mol. The van der Waals surface area contributed by atoms with Gasteiger partial charge in [-0.3, -0.25) is 24.4 Å². The standard InChI is InChI=1S/C24H28BN5O4.C24H21FN6O2.C18H16IN5O2.C6H5BrFN/c1-23(2)24(3,4)34-25(33-23)16-10-11-19-17(14-16)22(31)28-20-9-7-8-18(27-20)21-29-26-15-30(21)12-5-6-13-32-19;1-15-19(25)12-17(13-26-15)16-7-8-21-18(11-16)24(32)29-22-6-4-5-20(28-22)23-30-27-14-31(23)9-2-3-10-33-21;19-12-6-7-15-13(10-12)18(25)22-16-5-3-4-14(21-16)17-23-20-11-24(17)8-1-2-9-26-15;1-4-6(8)2-5(7)3-9-4/h7-11,14-15H,5-6,12-13H2,1-4H3,(H,27,28,31);4-8,11-14H,2-3,9-10H2,1H3,(H,28,29,32);3-7,10-11H,1-2,8-9H2,(H,21,22,25);2-3H,1H3. The largest absolute Gasteiger partial charge is 0.494 e. The Labute approximate surface area is 608 Å². The average molecular weight is 1560 g/mol. The van der Waals surface area contributed by atoms with E-state index in [1.54, 1.807) is 93.8 Å². The van der Waals surface area contributed by atoms with Crippen LogP contribution in [0.1, 0.15) is 109 Å². The lowest BCUT2D eigenvalue weighted by molar-refractivity contribution is 0.00578. The molecule has 25 nitrogen and oxygen atoms in total. The van der Waals surface area contributed by atoms with Crippen molar-refractivity contribution in [2.75, 3.05) is 35.8 Å². The first kappa shape index (κ1) is 71.5. The number of aromatic nitrogens is 14. The monoisotopic (exact) mass is 1560 g/mol. The summed E-state index contributed by atoms with van der Waals surface area (Å²) in [6.07, 6.45) is 13.3. The van der Waals surface area contributed by atoms with Crippen molar-refractivity contribution in [3.8, 4) is 62.9 Å². The van der Waals surface area contributed by atoms with E-state index in [4.69, 9.17) is 23.5 Å². The molecule has 0 saturated carbocycles. The van der Waals surface area contributed by atoms with Crippen LogP contribution in [0.3, 0.4) is 0 Å². The number of nitrogens with one attached hydrogen (secondary N) is 3. The van der Waals surface area contributed by atoms with E-state index in [1.807, 2.05) is 102 Å². The highest BCUT2D eigenvalue weighted by Gasteiger charge is 2.52. The van der Waals surface area contributed by atoms with Crippen molar-refractivity contribution >= 4 is 86.3 Å². The Morgan fingerprint density at radius 3 is 1.34 bits per heavy atom. The zero-order chi connectivity index (χ0) is 71.5. The molecule has 0 aliphatic carbocycles. The predicted octanol–water partition coefficient (Wildman–Crippen LogP) is 13.0. The van der Waals surface area contributed by atoms with Crippen LogP contribution < -0.4 is 35.6 Å². The lowest BCUT2D eigenvalue weighted by Gasteiger charge is -2.32. The van der Waals surface area contributed by atoms with Gasteiger partial charge < -0.3 is 53.2 Å². The van der Waals surface area contributed by atoms with Gasteiger partial charge in [0.2, 0.25) is 0 Å². The van der Waals surface area contributed by atoms with Gasteiger partial charge in [0.15, 0.2) is 17.5 Å². The first-order valence-corrected chi connectivity index (χ1v) is 34.8. The molecule has 0 atom stereocenters. The summed E-state index contributed by atoms with van der Waals surface area (Å²) in [5.74, 6) is 3.17. The van der Waals surface area contributed by atoms with Crippen molar-refractivity contribution in [1.82, 2.24) is 69.2 Å². The van der Waals surface area contributed by atoms with E-state index < -0.39 is 24.1 Å². The number of rotatable bonds is 2. The van der Waals surface area contributed by atoms with E-state index in [-0.39, 0.29) is 23.5 Å². The molecule has 8 aromatic heterocycles. The van der Waals surface area contributed by atoms with Gasteiger partial charge in [-0.05, 0) is 221 Å². The number of aryl methyl sites for hydroxylation is 5. The number of carbonyl (C=O) groups excluding carboxylic acids is 3. The van der Waals surface area contributed by atoms with Gasteiger partial charge in [-0.25, -0.2) is 23.7 Å². The van der Waals surface area contributed by atoms with Gasteiger partial charge in [0.05, 0.1) is 59.1 Å². The number of halogens is 4. The molecule has 0 unspecified atom stereocenters. The third kappa shape index (κ3) is 17.3. The summed E-state index contributed by atoms with van der Waals surface area (Å²) in [6.45, 7) is 15.0. The van der Waals surface area contributed by atoms with Gasteiger partial charge in [-0.15, -0.1) is 30.6 Å². The van der Waals surface area contributed by atoms with E-state index in [2.05, 4.69) is 110 Å². The Morgan fingerprint density at radius 1 is 0.490 bits per heavy atom. The summed E-state index contributed by atoms with van der Waals surface area (Å²) >= 11 is 5.28. The normalized spacial score (nSPS) is 15.5. The molecule has 0 radical (unpaired) electrons. The Balaban J connectivity index is 0.000000137. The summed E-state index contributed by atoms with van der Waals surface area (Å²) in [5.41, 5.74) is 4.97. The van der Waals surface area contributed by atoms with Crippen LogP contribution in [0, 0.1) is 29.1 Å². The van der Waals surface area contributed by atoms with Crippen molar-refractivity contribution in [2.45, 2.75) is 111 Å². The van der Waals surface area contributed by atoms with Gasteiger partial charge in [0.1, 0.15) is 82.4 Å². The number of amides is 3. The molecule has 3 N–H and O–H groups in total. The average Bonchev–Trinajstić information content (AvgIpc) is 1.60. The van der Waals surface area contributed by atoms with E-state index in [0.717, 1.165) is 67.2 Å². The zero-order valence-electron chi connectivity index (χ0n) is 56.5. The van der Waals surface area contributed by atoms with Crippen LogP contribution in [0.5, 0.6) is 17.2 Å². The van der Waals surface area contributed by atoms with Crippen LogP contribution in [0.2, 0.25) is 0 Å². The van der Waals surface area contributed by atoms with Crippen LogP contribution in [0.25, 0.3) is 45.7 Å². The number of benzene rings is 3. The summed E-state index contributed by atoms with van der Waals surface area (Å²) in [6, 6.07) is 35.3. The van der Waals surface area contributed by atoms with Crippen LogP contribution in [0.4, 0.5) is 26.2 Å². The number of hydrogen-bond acceptors (Lipinski definition) is 19. The molecule has 3 amide bonds. The summed E-state index contributed by atoms with van der Waals surface area (Å²) in [7, 11) is -0.580. The Kier molecular flexibility index (Phi) is 22.5. The number of pyridine rings is 5. The minimum absolute atomic E-state index is 0.248. The van der Waals surface area contributed by atoms with E-state index >= 15 is 0 Å². The number of fused-ring (bicyclic) bond motifs is 15. The second-order valence-corrected chi connectivity index (χ2v) is 27.2. The summed E-state index contributed by atoms with van der Waals surface area (Å²) in [4.78, 5) is 60.8. The highest BCUT2D eigenvalue weighted by molar-refractivity contribution is 14.1. The van der Waals surface area contributed by atoms with Crippen LogP contribution >= 0.6 is 38.5 Å². The molecule has 1 saturated heterocycles. The Morgan fingerprint density at radius 2 is 0.902 bits per heavy atom. The van der Waals surface area contributed by atoms with E-state index in [1.165, 1.54) is 12.1 Å². The van der Waals surface area contributed by atoms with Crippen molar-refractivity contribution in [3.63, 3.8) is 0 Å². The number of hydrogen-bond donors (Lipinski definition) is 3. The van der Waals surface area contributed by atoms with E-state index in [0.29, 0.717) is 133 Å². The number of anilines is 3. The quantitative estimate of drug-likeness (QED) is 0.107. The van der Waals surface area contributed by atoms with Crippen molar-refractivity contribution < 1.29 is 46.7 Å². The lowest BCUT2D eigenvalue weighted by Crippen LogP contribution is -2.41. The molecule has 11 aromatic rings. The second-order valence-electron chi connectivity index (χ2n) is 25.0. The highest BCUT2D eigenvalue weighted by Crippen LogP contribution is 2.37. The molecule has 522 valence electrons. The number of carbonyl (C=O) groups is 3.